The van der Waals surface area contributed by atoms with Crippen molar-refractivity contribution in [2.75, 3.05) is 18.4 Å². The van der Waals surface area contributed by atoms with Crippen LogP contribution < -0.4 is 15.4 Å². The van der Waals surface area contributed by atoms with Crippen molar-refractivity contribution in [1.29, 1.82) is 5.26 Å². The molecule has 2 N–H and O–H groups in total. The molecule has 1 fully saturated rings. The molecule has 0 unspecified atom stereocenters. The third-order valence-corrected chi connectivity index (χ3v) is 4.65. The Morgan fingerprint density at radius 2 is 1.96 bits per heavy atom. The molecular weight excluding hydrogens is 345 g/mol. The van der Waals surface area contributed by atoms with Crippen molar-refractivity contribution < 1.29 is 13.9 Å². The number of hydrogen-bond acceptors (Lipinski definition) is 5. The van der Waals surface area contributed by atoms with Crippen molar-refractivity contribution in [3.05, 3.63) is 59.4 Å². The monoisotopic (exact) mass is 367 g/mol. The molecule has 1 aliphatic heterocycles. The fraction of sp³-hybridized carbons (Fsp3) is 0.333. The lowest BCUT2D eigenvalue weighted by Gasteiger charge is -2.21. The van der Waals surface area contributed by atoms with Gasteiger partial charge in [0.15, 0.2) is 0 Å². The number of nitrogens with one attached hydrogen (secondary N) is 2. The van der Waals surface area contributed by atoms with E-state index in [1.54, 1.807) is 30.3 Å². The maximum Gasteiger partial charge on any atom is 0.311 e. The Balaban J connectivity index is 1.59. The van der Waals surface area contributed by atoms with Gasteiger partial charge in [-0.05, 0) is 67.7 Å². The average molecular weight is 367 g/mol. The SMILES string of the molecule is N#Cc1cc(NCc2ccc(F)cc2)ccc1OC(=O)CC1CCNCC1. The molecule has 0 saturated carbocycles. The van der Waals surface area contributed by atoms with Crippen molar-refractivity contribution in [2.45, 2.75) is 25.8 Å². The van der Waals surface area contributed by atoms with Crippen LogP contribution in [-0.4, -0.2) is 19.1 Å². The number of benzene rings is 2. The minimum atomic E-state index is -0.301. The smallest absolute Gasteiger partial charge is 0.311 e. The summed E-state index contributed by atoms with van der Waals surface area (Å²) in [6.45, 7) is 2.35. The van der Waals surface area contributed by atoms with Crippen molar-refractivity contribution in [3.63, 3.8) is 0 Å². The molecule has 140 valence electrons. The topological polar surface area (TPSA) is 74.1 Å². The summed E-state index contributed by atoms with van der Waals surface area (Å²) in [6.07, 6.45) is 2.30. The molecule has 3 rings (SSSR count). The first-order chi connectivity index (χ1) is 13.1. The van der Waals surface area contributed by atoms with Crippen molar-refractivity contribution in [1.82, 2.24) is 5.32 Å². The van der Waals surface area contributed by atoms with E-state index in [1.807, 2.05) is 0 Å². The summed E-state index contributed by atoms with van der Waals surface area (Å²) in [5.74, 6) is 0.0382. The molecule has 0 radical (unpaired) electrons. The van der Waals surface area contributed by atoms with Crippen LogP contribution in [0.25, 0.3) is 0 Å². The molecule has 27 heavy (non-hydrogen) atoms. The van der Waals surface area contributed by atoms with E-state index >= 15 is 0 Å². The van der Waals surface area contributed by atoms with E-state index in [9.17, 15) is 14.4 Å². The summed E-state index contributed by atoms with van der Waals surface area (Å²) in [5.41, 5.74) is 1.96. The van der Waals surface area contributed by atoms with Gasteiger partial charge in [0.25, 0.3) is 0 Å². The van der Waals surface area contributed by atoms with Crippen LogP contribution in [0.3, 0.4) is 0 Å². The molecule has 1 saturated heterocycles. The third-order valence-electron chi connectivity index (χ3n) is 4.65. The first-order valence-electron chi connectivity index (χ1n) is 9.08. The number of carbonyl (C=O) groups is 1. The number of nitriles is 1. The van der Waals surface area contributed by atoms with Gasteiger partial charge in [0.05, 0.1) is 5.56 Å². The maximum atomic E-state index is 12.9. The van der Waals surface area contributed by atoms with Crippen molar-refractivity contribution in [3.8, 4) is 11.8 Å². The molecule has 0 spiro atoms. The quantitative estimate of drug-likeness (QED) is 0.603. The Morgan fingerprint density at radius 1 is 1.22 bits per heavy atom. The van der Waals surface area contributed by atoms with Gasteiger partial charge in [0.1, 0.15) is 17.6 Å². The van der Waals surface area contributed by atoms with Crippen LogP contribution in [0.5, 0.6) is 5.75 Å². The summed E-state index contributed by atoms with van der Waals surface area (Å²) < 4.78 is 18.4. The molecule has 2 aromatic carbocycles. The lowest BCUT2D eigenvalue weighted by atomic mass is 9.95. The second kappa shape index (κ2) is 9.15. The Labute approximate surface area is 158 Å². The van der Waals surface area contributed by atoms with Gasteiger partial charge in [-0.15, -0.1) is 0 Å². The highest BCUT2D eigenvalue weighted by Gasteiger charge is 2.19. The van der Waals surface area contributed by atoms with Gasteiger partial charge >= 0.3 is 5.97 Å². The second-order valence-corrected chi connectivity index (χ2v) is 6.67. The maximum absolute atomic E-state index is 12.9. The number of rotatable bonds is 6. The number of esters is 1. The number of hydrogen-bond donors (Lipinski definition) is 2. The minimum Gasteiger partial charge on any atom is -0.425 e. The van der Waals surface area contributed by atoms with E-state index in [0.717, 1.165) is 37.2 Å². The van der Waals surface area contributed by atoms with Crippen molar-refractivity contribution in [2.24, 2.45) is 5.92 Å². The third kappa shape index (κ3) is 5.53. The first kappa shape index (κ1) is 18.9. The number of nitrogens with zero attached hydrogens (tertiary/aromatic N) is 1. The van der Waals surface area contributed by atoms with Gasteiger partial charge in [-0.25, -0.2) is 4.39 Å². The highest BCUT2D eigenvalue weighted by Crippen LogP contribution is 2.24. The van der Waals surface area contributed by atoms with Gasteiger partial charge in [0, 0.05) is 18.7 Å². The molecule has 5 nitrogen and oxygen atoms in total. The number of carbonyl (C=O) groups excluding carboxylic acids is 1. The van der Waals surface area contributed by atoms with Gasteiger partial charge < -0.3 is 15.4 Å². The zero-order valence-corrected chi connectivity index (χ0v) is 15.0. The highest BCUT2D eigenvalue weighted by molar-refractivity contribution is 5.74. The van der Waals surface area contributed by atoms with Gasteiger partial charge in [-0.2, -0.15) is 5.26 Å². The molecule has 0 bridgehead atoms. The van der Waals surface area contributed by atoms with Crippen LogP contribution in [0, 0.1) is 23.1 Å². The molecule has 1 heterocycles. The zero-order chi connectivity index (χ0) is 19.1. The Bertz CT molecular complexity index is 824. The normalized spacial score (nSPS) is 14.4. The number of piperidine rings is 1. The standard InChI is InChI=1S/C21H22FN3O2/c22-18-3-1-16(2-4-18)14-25-19-5-6-20(17(12-19)13-23)27-21(26)11-15-7-9-24-10-8-15/h1-6,12,15,24-25H,7-11,14H2. The average Bonchev–Trinajstić information content (AvgIpc) is 2.69. The van der Waals surface area contributed by atoms with E-state index in [1.165, 1.54) is 12.1 Å². The second-order valence-electron chi connectivity index (χ2n) is 6.67. The molecule has 1 aliphatic rings. The fourth-order valence-electron chi connectivity index (χ4n) is 3.11. The molecule has 6 heteroatoms. The summed E-state index contributed by atoms with van der Waals surface area (Å²) >= 11 is 0. The van der Waals surface area contributed by atoms with Crippen LogP contribution >= 0.6 is 0 Å². The molecular formula is C21H22FN3O2. The molecule has 0 atom stereocenters. The van der Waals surface area contributed by atoms with Crippen LogP contribution in [0.1, 0.15) is 30.4 Å². The number of anilines is 1. The van der Waals surface area contributed by atoms with Crippen molar-refractivity contribution >= 4 is 11.7 Å². The van der Waals surface area contributed by atoms with Gasteiger partial charge in [-0.1, -0.05) is 12.1 Å². The summed E-state index contributed by atoms with van der Waals surface area (Å²) in [5, 5.41) is 15.8. The Morgan fingerprint density at radius 3 is 2.67 bits per heavy atom. The van der Waals surface area contributed by atoms with Gasteiger partial charge in [-0.3, -0.25) is 4.79 Å². The molecule has 2 aromatic rings. The van der Waals surface area contributed by atoms with E-state index in [0.29, 0.717) is 24.4 Å². The Hall–Kier alpha value is -2.91. The Kier molecular flexibility index (Phi) is 6.39. The summed E-state index contributed by atoms with van der Waals surface area (Å²) in [7, 11) is 0. The molecule has 0 amide bonds. The van der Waals surface area contributed by atoms with E-state index in [-0.39, 0.29) is 17.5 Å². The van der Waals surface area contributed by atoms with Crippen LogP contribution in [0.2, 0.25) is 0 Å². The molecule has 0 aromatic heterocycles. The zero-order valence-electron chi connectivity index (χ0n) is 15.0. The van der Waals surface area contributed by atoms with E-state index < -0.39 is 0 Å². The van der Waals surface area contributed by atoms with E-state index in [4.69, 9.17) is 4.74 Å². The summed E-state index contributed by atoms with van der Waals surface area (Å²) in [6, 6.07) is 13.3. The highest BCUT2D eigenvalue weighted by atomic mass is 19.1. The molecule has 0 aliphatic carbocycles. The predicted octanol–water partition coefficient (Wildman–Crippen LogP) is 3.60. The lowest BCUT2D eigenvalue weighted by molar-refractivity contribution is -0.135. The van der Waals surface area contributed by atoms with E-state index in [2.05, 4.69) is 16.7 Å². The minimum absolute atomic E-state index is 0.277. The summed E-state index contributed by atoms with van der Waals surface area (Å²) in [4.78, 5) is 12.2. The lowest BCUT2D eigenvalue weighted by Crippen LogP contribution is -2.29. The van der Waals surface area contributed by atoms with Crippen LogP contribution in [-0.2, 0) is 11.3 Å². The number of halogens is 1. The van der Waals surface area contributed by atoms with Crippen LogP contribution in [0.15, 0.2) is 42.5 Å². The largest absolute Gasteiger partial charge is 0.425 e. The number of ether oxygens (including phenoxy) is 1. The predicted molar refractivity (Wildman–Crippen MR) is 101 cm³/mol. The fourth-order valence-corrected chi connectivity index (χ4v) is 3.11. The first-order valence-corrected chi connectivity index (χ1v) is 9.08. The van der Waals surface area contributed by atoms with Gasteiger partial charge in [0.2, 0.25) is 0 Å². The van der Waals surface area contributed by atoms with Crippen LogP contribution in [0.4, 0.5) is 10.1 Å².